The highest BCUT2D eigenvalue weighted by molar-refractivity contribution is 6.00. The summed E-state index contributed by atoms with van der Waals surface area (Å²) in [4.78, 5) is 17.6. The van der Waals surface area contributed by atoms with Crippen molar-refractivity contribution in [1.82, 2.24) is 9.80 Å². The molecule has 0 aromatic heterocycles. The van der Waals surface area contributed by atoms with Crippen LogP contribution in [0.25, 0.3) is 0 Å². The summed E-state index contributed by atoms with van der Waals surface area (Å²) in [7, 11) is 0. The Hall–Kier alpha value is -2.84. The van der Waals surface area contributed by atoms with Crippen LogP contribution in [-0.2, 0) is 0 Å². The van der Waals surface area contributed by atoms with E-state index in [2.05, 4.69) is 17.9 Å². The molecule has 138 valence electrons. The van der Waals surface area contributed by atoms with Crippen molar-refractivity contribution in [2.24, 2.45) is 0 Å². The third kappa shape index (κ3) is 2.87. The number of fused-ring (bicyclic) bond motifs is 1. The molecule has 0 spiro atoms. The number of rotatable bonds is 4. The van der Waals surface area contributed by atoms with Crippen LogP contribution in [0.3, 0.4) is 0 Å². The number of nitrogens with two attached hydrogens (primary N) is 1. The largest absolute Gasteiger partial charge is 0.397 e. The van der Waals surface area contributed by atoms with Crippen molar-refractivity contribution >= 4 is 11.6 Å². The van der Waals surface area contributed by atoms with Crippen LogP contribution >= 0.6 is 0 Å². The van der Waals surface area contributed by atoms with Gasteiger partial charge in [0.15, 0.2) is 0 Å². The van der Waals surface area contributed by atoms with E-state index in [1.54, 1.807) is 6.07 Å². The average molecular weight is 360 g/mol. The zero-order valence-electron chi connectivity index (χ0n) is 15.6. The maximum absolute atomic E-state index is 13.2. The monoisotopic (exact) mass is 360 g/mol. The molecule has 5 nitrogen and oxygen atoms in total. The lowest BCUT2D eigenvalue weighted by Crippen LogP contribution is -2.42. The second-order valence-electron chi connectivity index (χ2n) is 7.29. The molecule has 0 saturated carbocycles. The molecule has 2 aromatic rings. The molecule has 2 N–H and O–H groups in total. The molecule has 1 saturated heterocycles. The molecule has 5 heteroatoms. The highest BCUT2D eigenvalue weighted by Crippen LogP contribution is 2.41. The zero-order chi connectivity index (χ0) is 19.0. The molecule has 2 unspecified atom stereocenters. The van der Waals surface area contributed by atoms with Gasteiger partial charge in [-0.2, -0.15) is 5.26 Å². The van der Waals surface area contributed by atoms with Crippen molar-refractivity contribution in [1.29, 1.82) is 5.26 Å². The van der Waals surface area contributed by atoms with Crippen molar-refractivity contribution in [3.8, 4) is 6.07 Å². The van der Waals surface area contributed by atoms with Gasteiger partial charge < -0.3 is 10.6 Å². The molecule has 0 aliphatic carbocycles. The Balaban J connectivity index is 1.78. The highest BCUT2D eigenvalue weighted by Gasteiger charge is 2.40. The first-order chi connectivity index (χ1) is 13.2. The van der Waals surface area contributed by atoms with Gasteiger partial charge in [-0.25, -0.2) is 0 Å². The minimum atomic E-state index is -0.235. The molecule has 2 aliphatic rings. The standard InChI is InChI=1S/C22H24N4O/c1-2-25-12-6-8-16(25)14-26-21(17-9-3-4-10-18(17)22(26)27)19-11-5-7-15(13-23)20(19)24/h3-5,7,9-11,16,21H,2,6,8,12,14,24H2,1H3. The smallest absolute Gasteiger partial charge is 0.255 e. The van der Waals surface area contributed by atoms with Gasteiger partial charge in [0.1, 0.15) is 6.07 Å². The molecule has 1 fully saturated rings. The van der Waals surface area contributed by atoms with Gasteiger partial charge in [-0.1, -0.05) is 37.3 Å². The Morgan fingerprint density at radius 1 is 1.19 bits per heavy atom. The molecule has 27 heavy (non-hydrogen) atoms. The van der Waals surface area contributed by atoms with Crippen LogP contribution in [0.4, 0.5) is 5.69 Å². The summed E-state index contributed by atoms with van der Waals surface area (Å²) in [6, 6.07) is 15.6. The van der Waals surface area contributed by atoms with Gasteiger partial charge in [0, 0.05) is 23.7 Å². The summed E-state index contributed by atoms with van der Waals surface area (Å²) in [5, 5.41) is 9.38. The van der Waals surface area contributed by atoms with E-state index in [0.29, 0.717) is 23.8 Å². The summed E-state index contributed by atoms with van der Waals surface area (Å²) >= 11 is 0. The summed E-state index contributed by atoms with van der Waals surface area (Å²) in [6.45, 7) is 4.94. The van der Waals surface area contributed by atoms with Crippen molar-refractivity contribution in [2.75, 3.05) is 25.4 Å². The SMILES string of the molecule is CCN1CCCC1CN1C(=O)c2ccccc2C1c1cccc(C#N)c1N. The number of likely N-dealkylation sites (N-methyl/N-ethyl adjacent to an activating group) is 1. The van der Waals surface area contributed by atoms with Gasteiger partial charge in [0.2, 0.25) is 0 Å². The van der Waals surface area contributed by atoms with Crippen molar-refractivity contribution in [3.05, 3.63) is 64.7 Å². The number of para-hydroxylation sites is 1. The molecule has 1 amide bonds. The number of amides is 1. The van der Waals surface area contributed by atoms with Gasteiger partial charge in [0.05, 0.1) is 17.3 Å². The molecular formula is C22H24N4O. The normalized spacial score (nSPS) is 22.1. The van der Waals surface area contributed by atoms with E-state index in [-0.39, 0.29) is 11.9 Å². The quantitative estimate of drug-likeness (QED) is 0.850. The Bertz CT molecular complexity index is 917. The van der Waals surface area contributed by atoms with Crippen LogP contribution in [0.5, 0.6) is 0 Å². The predicted molar refractivity (Wildman–Crippen MR) is 105 cm³/mol. The number of nitrogen functional groups attached to an aromatic ring is 1. The van der Waals surface area contributed by atoms with E-state index in [0.717, 1.165) is 36.2 Å². The van der Waals surface area contributed by atoms with E-state index >= 15 is 0 Å². The minimum Gasteiger partial charge on any atom is -0.397 e. The lowest BCUT2D eigenvalue weighted by molar-refractivity contribution is 0.0696. The van der Waals surface area contributed by atoms with Crippen LogP contribution in [0.15, 0.2) is 42.5 Å². The fourth-order valence-corrected chi connectivity index (χ4v) is 4.56. The lowest BCUT2D eigenvalue weighted by atomic mass is 9.94. The zero-order valence-corrected chi connectivity index (χ0v) is 15.6. The van der Waals surface area contributed by atoms with Crippen LogP contribution < -0.4 is 5.73 Å². The lowest BCUT2D eigenvalue weighted by Gasteiger charge is -2.32. The molecule has 0 radical (unpaired) electrons. The van der Waals surface area contributed by atoms with Gasteiger partial charge >= 0.3 is 0 Å². The molecule has 2 heterocycles. The fourth-order valence-electron chi connectivity index (χ4n) is 4.56. The third-order valence-corrected chi connectivity index (χ3v) is 5.93. The number of carbonyl (C=O) groups excluding carboxylic acids is 1. The summed E-state index contributed by atoms with van der Waals surface area (Å²) in [6.07, 6.45) is 2.28. The average Bonchev–Trinajstić information content (AvgIpc) is 3.26. The van der Waals surface area contributed by atoms with E-state index in [1.165, 1.54) is 6.42 Å². The Kier molecular flexibility index (Phi) is 4.59. The number of likely N-dealkylation sites (tertiary alicyclic amines) is 1. The first-order valence-electron chi connectivity index (χ1n) is 9.58. The number of hydrogen-bond acceptors (Lipinski definition) is 4. The van der Waals surface area contributed by atoms with Gasteiger partial charge in [-0.3, -0.25) is 9.69 Å². The number of anilines is 1. The second kappa shape index (κ2) is 7.05. The van der Waals surface area contributed by atoms with Gasteiger partial charge in [-0.15, -0.1) is 0 Å². The number of nitriles is 1. The maximum atomic E-state index is 13.2. The van der Waals surface area contributed by atoms with E-state index in [4.69, 9.17) is 5.73 Å². The predicted octanol–water partition coefficient (Wildman–Crippen LogP) is 3.17. The van der Waals surface area contributed by atoms with Crippen LogP contribution in [0.2, 0.25) is 0 Å². The summed E-state index contributed by atoms with van der Waals surface area (Å²) in [5.41, 5.74) is 9.82. The topological polar surface area (TPSA) is 73.4 Å². The maximum Gasteiger partial charge on any atom is 0.255 e. The van der Waals surface area contributed by atoms with Gasteiger partial charge in [0.25, 0.3) is 5.91 Å². The van der Waals surface area contributed by atoms with Crippen LogP contribution in [0.1, 0.15) is 52.9 Å². The molecule has 0 bridgehead atoms. The van der Waals surface area contributed by atoms with E-state index in [9.17, 15) is 10.1 Å². The van der Waals surface area contributed by atoms with E-state index in [1.807, 2.05) is 41.3 Å². The summed E-state index contributed by atoms with van der Waals surface area (Å²) in [5.74, 6) is 0.0558. The van der Waals surface area contributed by atoms with Crippen LogP contribution in [0, 0.1) is 11.3 Å². The van der Waals surface area contributed by atoms with Crippen molar-refractivity contribution in [3.63, 3.8) is 0 Å². The van der Waals surface area contributed by atoms with Crippen LogP contribution in [-0.4, -0.2) is 41.4 Å². The molecule has 4 rings (SSSR count). The summed E-state index contributed by atoms with van der Waals surface area (Å²) < 4.78 is 0. The molecule has 2 atom stereocenters. The first kappa shape index (κ1) is 17.6. The Morgan fingerprint density at radius 2 is 1.96 bits per heavy atom. The number of hydrogen-bond donors (Lipinski definition) is 1. The van der Waals surface area contributed by atoms with E-state index < -0.39 is 0 Å². The Labute approximate surface area is 160 Å². The first-order valence-corrected chi connectivity index (χ1v) is 9.58. The van der Waals surface area contributed by atoms with Crippen molar-refractivity contribution < 1.29 is 4.79 Å². The fraction of sp³-hybridized carbons (Fsp3) is 0.364. The minimum absolute atomic E-state index is 0.0558. The third-order valence-electron chi connectivity index (χ3n) is 5.93. The number of benzene rings is 2. The number of carbonyl (C=O) groups is 1. The van der Waals surface area contributed by atoms with Gasteiger partial charge in [-0.05, 0) is 43.6 Å². The van der Waals surface area contributed by atoms with Crippen molar-refractivity contribution in [2.45, 2.75) is 31.8 Å². The Morgan fingerprint density at radius 3 is 2.74 bits per heavy atom. The molecule has 2 aromatic carbocycles. The number of nitrogens with zero attached hydrogens (tertiary/aromatic N) is 3. The molecule has 2 aliphatic heterocycles. The molecular weight excluding hydrogens is 336 g/mol. The second-order valence-corrected chi connectivity index (χ2v) is 7.29. The highest BCUT2D eigenvalue weighted by atomic mass is 16.2.